The molecule has 3 heteroatoms. The molecule has 0 spiro atoms. The first-order valence-corrected chi connectivity index (χ1v) is 6.35. The minimum atomic E-state index is -0.167. The van der Waals surface area contributed by atoms with Crippen molar-refractivity contribution in [1.82, 2.24) is 4.98 Å². The highest BCUT2D eigenvalue weighted by atomic mass is 14.7. The van der Waals surface area contributed by atoms with Gasteiger partial charge in [-0.3, -0.25) is 0 Å². The standard InChI is InChI=1S/C16H17N3/c1-10-15(13-7-2-3-8-14(13)19-10)16(18)11-5-4-6-12(17)9-11/h2-9,16,19H,17-18H2,1H3. The number of rotatable bonds is 2. The maximum Gasteiger partial charge on any atom is 0.0576 e. The Kier molecular flexibility index (Phi) is 2.76. The molecule has 0 radical (unpaired) electrons. The topological polar surface area (TPSA) is 67.8 Å². The highest BCUT2D eigenvalue weighted by molar-refractivity contribution is 5.85. The van der Waals surface area contributed by atoms with Crippen molar-refractivity contribution in [3.05, 3.63) is 65.4 Å². The van der Waals surface area contributed by atoms with Gasteiger partial charge in [-0.05, 0) is 30.7 Å². The Bertz CT molecular complexity index is 728. The van der Waals surface area contributed by atoms with Gasteiger partial charge in [-0.2, -0.15) is 0 Å². The fourth-order valence-corrected chi connectivity index (χ4v) is 2.62. The van der Waals surface area contributed by atoms with E-state index in [4.69, 9.17) is 11.5 Å². The zero-order valence-electron chi connectivity index (χ0n) is 10.9. The zero-order valence-corrected chi connectivity index (χ0v) is 10.9. The maximum absolute atomic E-state index is 6.42. The summed E-state index contributed by atoms with van der Waals surface area (Å²) in [6, 6.07) is 15.8. The van der Waals surface area contributed by atoms with E-state index in [1.807, 2.05) is 36.4 Å². The summed E-state index contributed by atoms with van der Waals surface area (Å²) in [7, 11) is 0. The highest BCUT2D eigenvalue weighted by Gasteiger charge is 2.16. The van der Waals surface area contributed by atoms with Gasteiger partial charge in [0.1, 0.15) is 0 Å². The van der Waals surface area contributed by atoms with E-state index < -0.39 is 0 Å². The van der Waals surface area contributed by atoms with E-state index in [9.17, 15) is 0 Å². The Morgan fingerprint density at radius 1 is 1.05 bits per heavy atom. The summed E-state index contributed by atoms with van der Waals surface area (Å²) in [5.74, 6) is 0. The van der Waals surface area contributed by atoms with Crippen LogP contribution < -0.4 is 11.5 Å². The molecule has 19 heavy (non-hydrogen) atoms. The molecule has 0 fully saturated rings. The number of anilines is 1. The highest BCUT2D eigenvalue weighted by Crippen LogP contribution is 2.30. The fourth-order valence-electron chi connectivity index (χ4n) is 2.62. The number of para-hydroxylation sites is 1. The van der Waals surface area contributed by atoms with Gasteiger partial charge < -0.3 is 16.5 Å². The molecule has 1 aromatic heterocycles. The van der Waals surface area contributed by atoms with Crippen molar-refractivity contribution in [2.45, 2.75) is 13.0 Å². The molecular weight excluding hydrogens is 234 g/mol. The lowest BCUT2D eigenvalue weighted by Crippen LogP contribution is -2.12. The Morgan fingerprint density at radius 3 is 2.63 bits per heavy atom. The van der Waals surface area contributed by atoms with Crippen LogP contribution in [-0.2, 0) is 0 Å². The van der Waals surface area contributed by atoms with Crippen LogP contribution in [0.15, 0.2) is 48.5 Å². The summed E-state index contributed by atoms with van der Waals surface area (Å²) in [4.78, 5) is 3.38. The molecule has 0 saturated heterocycles. The van der Waals surface area contributed by atoms with E-state index in [2.05, 4.69) is 24.0 Å². The first-order chi connectivity index (χ1) is 9.16. The predicted molar refractivity (Wildman–Crippen MR) is 79.9 cm³/mol. The molecule has 5 N–H and O–H groups in total. The first kappa shape index (κ1) is 11.8. The lowest BCUT2D eigenvalue weighted by Gasteiger charge is -2.13. The number of aromatic amines is 1. The largest absolute Gasteiger partial charge is 0.399 e. The summed E-state index contributed by atoms with van der Waals surface area (Å²) in [6.45, 7) is 2.06. The SMILES string of the molecule is Cc1[nH]c2ccccc2c1C(N)c1cccc(N)c1. The average molecular weight is 251 g/mol. The van der Waals surface area contributed by atoms with E-state index in [1.165, 1.54) is 5.39 Å². The summed E-state index contributed by atoms with van der Waals surface area (Å²) in [5, 5.41) is 1.18. The minimum Gasteiger partial charge on any atom is -0.399 e. The van der Waals surface area contributed by atoms with Crippen molar-refractivity contribution in [2.24, 2.45) is 5.73 Å². The third kappa shape index (κ3) is 1.98. The number of hydrogen-bond acceptors (Lipinski definition) is 2. The lowest BCUT2D eigenvalue weighted by molar-refractivity contribution is 0.869. The summed E-state index contributed by atoms with van der Waals surface area (Å²) in [5.41, 5.74) is 17.4. The van der Waals surface area contributed by atoms with E-state index >= 15 is 0 Å². The molecule has 3 nitrogen and oxygen atoms in total. The summed E-state index contributed by atoms with van der Waals surface area (Å²) in [6.07, 6.45) is 0. The van der Waals surface area contributed by atoms with Gasteiger partial charge in [0.25, 0.3) is 0 Å². The van der Waals surface area contributed by atoms with Gasteiger partial charge in [0.15, 0.2) is 0 Å². The van der Waals surface area contributed by atoms with Crippen molar-refractivity contribution in [1.29, 1.82) is 0 Å². The number of fused-ring (bicyclic) bond motifs is 1. The monoisotopic (exact) mass is 251 g/mol. The van der Waals surface area contributed by atoms with E-state index in [-0.39, 0.29) is 6.04 Å². The van der Waals surface area contributed by atoms with Crippen LogP contribution in [0.5, 0.6) is 0 Å². The lowest BCUT2D eigenvalue weighted by atomic mass is 9.96. The molecule has 0 aliphatic heterocycles. The van der Waals surface area contributed by atoms with E-state index in [0.29, 0.717) is 0 Å². The van der Waals surface area contributed by atoms with Gasteiger partial charge in [-0.15, -0.1) is 0 Å². The Morgan fingerprint density at radius 2 is 1.84 bits per heavy atom. The Hall–Kier alpha value is -2.26. The number of aryl methyl sites for hydroxylation is 1. The summed E-state index contributed by atoms with van der Waals surface area (Å²) < 4.78 is 0. The molecule has 3 rings (SSSR count). The van der Waals surface area contributed by atoms with Crippen LogP contribution in [0.25, 0.3) is 10.9 Å². The average Bonchev–Trinajstić information content (AvgIpc) is 2.74. The van der Waals surface area contributed by atoms with Crippen molar-refractivity contribution in [3.63, 3.8) is 0 Å². The minimum absolute atomic E-state index is 0.167. The molecule has 0 aliphatic rings. The predicted octanol–water partition coefficient (Wildman–Crippen LogP) is 3.11. The van der Waals surface area contributed by atoms with Gasteiger partial charge in [-0.25, -0.2) is 0 Å². The smallest absolute Gasteiger partial charge is 0.0576 e. The van der Waals surface area contributed by atoms with Crippen LogP contribution >= 0.6 is 0 Å². The third-order valence-electron chi connectivity index (χ3n) is 3.52. The van der Waals surface area contributed by atoms with Gasteiger partial charge in [0.2, 0.25) is 0 Å². The second-order valence-corrected chi connectivity index (χ2v) is 4.86. The number of benzene rings is 2. The van der Waals surface area contributed by atoms with Crippen LogP contribution in [0, 0.1) is 6.92 Å². The number of aromatic nitrogens is 1. The van der Waals surface area contributed by atoms with Crippen LogP contribution in [0.2, 0.25) is 0 Å². The van der Waals surface area contributed by atoms with E-state index in [0.717, 1.165) is 28.0 Å². The fraction of sp³-hybridized carbons (Fsp3) is 0.125. The van der Waals surface area contributed by atoms with Crippen molar-refractivity contribution < 1.29 is 0 Å². The summed E-state index contributed by atoms with van der Waals surface area (Å²) >= 11 is 0. The van der Waals surface area contributed by atoms with Gasteiger partial charge >= 0.3 is 0 Å². The zero-order chi connectivity index (χ0) is 13.4. The van der Waals surface area contributed by atoms with Gasteiger partial charge in [0.05, 0.1) is 6.04 Å². The second-order valence-electron chi connectivity index (χ2n) is 4.86. The molecular formula is C16H17N3. The number of H-pyrrole nitrogens is 1. The van der Waals surface area contributed by atoms with Crippen molar-refractivity contribution >= 4 is 16.6 Å². The quantitative estimate of drug-likeness (QED) is 0.612. The molecule has 96 valence electrons. The molecule has 1 heterocycles. The normalized spacial score (nSPS) is 12.7. The van der Waals surface area contributed by atoms with Crippen molar-refractivity contribution in [2.75, 3.05) is 5.73 Å². The molecule has 0 saturated carbocycles. The molecule has 1 atom stereocenters. The number of nitrogen functional groups attached to an aromatic ring is 1. The van der Waals surface area contributed by atoms with E-state index in [1.54, 1.807) is 0 Å². The van der Waals surface area contributed by atoms with Crippen LogP contribution in [0.4, 0.5) is 5.69 Å². The Balaban J connectivity index is 2.16. The van der Waals surface area contributed by atoms with Gasteiger partial charge in [0, 0.05) is 27.8 Å². The molecule has 3 aromatic rings. The third-order valence-corrected chi connectivity index (χ3v) is 3.52. The second kappa shape index (κ2) is 4.44. The molecule has 0 amide bonds. The van der Waals surface area contributed by atoms with Crippen LogP contribution in [-0.4, -0.2) is 4.98 Å². The molecule has 0 aliphatic carbocycles. The van der Waals surface area contributed by atoms with Gasteiger partial charge in [-0.1, -0.05) is 30.3 Å². The molecule has 1 unspecified atom stereocenters. The number of nitrogens with one attached hydrogen (secondary N) is 1. The van der Waals surface area contributed by atoms with Crippen LogP contribution in [0.1, 0.15) is 22.9 Å². The number of hydrogen-bond donors (Lipinski definition) is 3. The van der Waals surface area contributed by atoms with Crippen molar-refractivity contribution in [3.8, 4) is 0 Å². The first-order valence-electron chi connectivity index (χ1n) is 6.35. The molecule has 2 aromatic carbocycles. The Labute approximate surface area is 112 Å². The van der Waals surface area contributed by atoms with Crippen LogP contribution in [0.3, 0.4) is 0 Å². The number of nitrogens with two attached hydrogens (primary N) is 2. The maximum atomic E-state index is 6.42. The molecule has 0 bridgehead atoms.